The number of thioether (sulfide) groups is 1. The molecule has 0 fully saturated rings. The monoisotopic (exact) mass is 338 g/mol. The first-order chi connectivity index (χ1) is 11.6. The quantitative estimate of drug-likeness (QED) is 0.722. The molecule has 1 aliphatic rings. The van der Waals surface area contributed by atoms with Crippen molar-refractivity contribution in [2.24, 2.45) is 10.2 Å². The number of hydrogen-bond donors (Lipinski definition) is 1. The van der Waals surface area contributed by atoms with Crippen LogP contribution in [-0.4, -0.2) is 17.4 Å². The largest absolute Gasteiger partial charge is 0.381 e. The van der Waals surface area contributed by atoms with Crippen LogP contribution in [-0.2, 0) is 6.54 Å². The number of nitrogens with zero attached hydrogens (tertiary/aromatic N) is 3. The van der Waals surface area contributed by atoms with E-state index in [-0.39, 0.29) is 5.50 Å². The summed E-state index contributed by atoms with van der Waals surface area (Å²) in [6, 6.07) is 18.4. The lowest BCUT2D eigenvalue weighted by Crippen LogP contribution is -2.20. The van der Waals surface area contributed by atoms with Crippen LogP contribution in [0.3, 0.4) is 0 Å². The second-order valence-electron chi connectivity index (χ2n) is 5.80. The number of benzene rings is 2. The van der Waals surface area contributed by atoms with Crippen LogP contribution < -0.4 is 5.32 Å². The van der Waals surface area contributed by atoms with Gasteiger partial charge < -0.3 is 10.2 Å². The molecule has 0 radical (unpaired) electrons. The molecular weight excluding hydrogens is 316 g/mol. The van der Waals surface area contributed by atoms with Crippen LogP contribution in [0.4, 0.5) is 11.4 Å². The summed E-state index contributed by atoms with van der Waals surface area (Å²) in [4.78, 5) is 3.46. The van der Waals surface area contributed by atoms with Crippen molar-refractivity contribution in [2.75, 3.05) is 12.4 Å². The summed E-state index contributed by atoms with van der Waals surface area (Å²) in [6.45, 7) is 5.06. The molecule has 2 aromatic carbocycles. The van der Waals surface area contributed by atoms with Gasteiger partial charge in [-0.25, -0.2) is 0 Å². The Morgan fingerprint density at radius 1 is 1.04 bits per heavy atom. The summed E-state index contributed by atoms with van der Waals surface area (Å²) in [5.41, 5.74) is 4.53. The number of anilines is 1. The Hall–Kier alpha value is -2.27. The van der Waals surface area contributed by atoms with Crippen molar-refractivity contribution >= 4 is 23.1 Å². The van der Waals surface area contributed by atoms with Gasteiger partial charge in [0.1, 0.15) is 0 Å². The number of hydrogen-bond acceptors (Lipinski definition) is 5. The lowest BCUT2D eigenvalue weighted by molar-refractivity contribution is 0.402. The fourth-order valence-corrected chi connectivity index (χ4v) is 3.44. The highest BCUT2D eigenvalue weighted by Crippen LogP contribution is 2.37. The molecule has 0 aromatic heterocycles. The van der Waals surface area contributed by atoms with Gasteiger partial charge in [0.05, 0.1) is 5.69 Å². The van der Waals surface area contributed by atoms with Crippen molar-refractivity contribution in [2.45, 2.75) is 25.9 Å². The van der Waals surface area contributed by atoms with Crippen LogP contribution >= 0.6 is 11.8 Å². The molecule has 5 heteroatoms. The molecule has 1 N–H and O–H groups in total. The Morgan fingerprint density at radius 3 is 2.38 bits per heavy atom. The van der Waals surface area contributed by atoms with E-state index >= 15 is 0 Å². The molecule has 0 aliphatic carbocycles. The molecule has 1 aliphatic heterocycles. The summed E-state index contributed by atoms with van der Waals surface area (Å²) in [7, 11) is 2.05. The molecule has 24 heavy (non-hydrogen) atoms. The molecule has 4 nitrogen and oxygen atoms in total. The van der Waals surface area contributed by atoms with Crippen molar-refractivity contribution in [1.82, 2.24) is 4.90 Å². The highest BCUT2D eigenvalue weighted by atomic mass is 32.2. The molecule has 1 unspecified atom stereocenters. The van der Waals surface area contributed by atoms with Gasteiger partial charge in [-0.1, -0.05) is 42.1 Å². The minimum Gasteiger partial charge on any atom is -0.381 e. The van der Waals surface area contributed by atoms with E-state index in [1.165, 1.54) is 16.2 Å². The fourth-order valence-electron chi connectivity index (χ4n) is 2.40. The van der Waals surface area contributed by atoms with E-state index in [1.54, 1.807) is 11.8 Å². The number of allylic oxidation sites excluding steroid dienone is 2. The molecule has 124 valence electrons. The third-order valence-electron chi connectivity index (χ3n) is 4.13. The smallest absolute Gasteiger partial charge is 0.193 e. The molecule has 0 amide bonds. The van der Waals surface area contributed by atoms with Gasteiger partial charge in [0.25, 0.3) is 0 Å². The lowest BCUT2D eigenvalue weighted by atomic mass is 10.2. The highest BCUT2D eigenvalue weighted by molar-refractivity contribution is 8.03. The molecule has 0 saturated heterocycles. The summed E-state index contributed by atoms with van der Waals surface area (Å²) < 4.78 is 0. The molecule has 1 atom stereocenters. The maximum absolute atomic E-state index is 4.45. The number of rotatable bonds is 5. The van der Waals surface area contributed by atoms with Crippen molar-refractivity contribution in [3.63, 3.8) is 0 Å². The Kier molecular flexibility index (Phi) is 5.20. The van der Waals surface area contributed by atoms with Crippen LogP contribution in [0.15, 0.2) is 75.4 Å². The summed E-state index contributed by atoms with van der Waals surface area (Å²) in [5.74, 6) is 0. The van der Waals surface area contributed by atoms with Crippen LogP contribution in [0.25, 0.3) is 0 Å². The molecule has 3 rings (SSSR count). The standard InChI is InChI=1S/C19H22N4S/c1-14-15(2)24-19(23(14)3)22-21-18-11-9-17(10-12-18)20-13-16-7-5-4-6-8-16/h4-12,19-20H,13H2,1-3H3. The van der Waals surface area contributed by atoms with Gasteiger partial charge in [-0.2, -0.15) is 10.2 Å². The zero-order valence-electron chi connectivity index (χ0n) is 14.2. The first kappa shape index (κ1) is 16.6. The molecule has 2 aromatic rings. The molecule has 0 spiro atoms. The van der Waals surface area contributed by atoms with Crippen LogP contribution in [0.2, 0.25) is 0 Å². The Balaban J connectivity index is 1.56. The normalized spacial score (nSPS) is 17.8. The number of nitrogens with one attached hydrogen (secondary N) is 1. The van der Waals surface area contributed by atoms with Crippen LogP contribution in [0, 0.1) is 0 Å². The van der Waals surface area contributed by atoms with Crippen molar-refractivity contribution in [3.05, 3.63) is 70.8 Å². The Bertz CT molecular complexity index is 738. The van der Waals surface area contributed by atoms with Crippen LogP contribution in [0.5, 0.6) is 0 Å². The third-order valence-corrected chi connectivity index (χ3v) is 5.40. The Morgan fingerprint density at radius 2 is 1.75 bits per heavy atom. The molecule has 1 heterocycles. The summed E-state index contributed by atoms with van der Waals surface area (Å²) >= 11 is 1.74. The summed E-state index contributed by atoms with van der Waals surface area (Å²) in [6.07, 6.45) is 0. The van der Waals surface area contributed by atoms with Gasteiger partial charge in [0.2, 0.25) is 0 Å². The van der Waals surface area contributed by atoms with Gasteiger partial charge in [-0.3, -0.25) is 0 Å². The minimum absolute atomic E-state index is 0.0425. The molecular formula is C19H22N4S. The van der Waals surface area contributed by atoms with Crippen LogP contribution in [0.1, 0.15) is 19.4 Å². The average Bonchev–Trinajstić information content (AvgIpc) is 2.87. The topological polar surface area (TPSA) is 40.0 Å². The SMILES string of the molecule is CC1=C(C)N(C)C(N=Nc2ccc(NCc3ccccc3)cc2)S1. The molecule has 0 saturated carbocycles. The number of azo groups is 1. The maximum Gasteiger partial charge on any atom is 0.193 e. The average molecular weight is 338 g/mol. The maximum atomic E-state index is 4.45. The van der Waals surface area contributed by atoms with E-state index in [0.29, 0.717) is 0 Å². The van der Waals surface area contributed by atoms with Gasteiger partial charge in [-0.15, -0.1) is 0 Å². The van der Waals surface area contributed by atoms with Gasteiger partial charge >= 0.3 is 0 Å². The third kappa shape index (κ3) is 3.97. The molecule has 0 bridgehead atoms. The fraction of sp³-hybridized carbons (Fsp3) is 0.263. The van der Waals surface area contributed by atoms with E-state index in [0.717, 1.165) is 17.9 Å². The first-order valence-electron chi connectivity index (χ1n) is 7.99. The van der Waals surface area contributed by atoms with Crippen molar-refractivity contribution < 1.29 is 0 Å². The van der Waals surface area contributed by atoms with E-state index in [9.17, 15) is 0 Å². The van der Waals surface area contributed by atoms with Gasteiger partial charge in [0.15, 0.2) is 5.50 Å². The first-order valence-corrected chi connectivity index (χ1v) is 8.87. The summed E-state index contributed by atoms with van der Waals surface area (Å²) in [5, 5.41) is 12.2. The van der Waals surface area contributed by atoms with Gasteiger partial charge in [0, 0.05) is 29.9 Å². The minimum atomic E-state index is 0.0425. The van der Waals surface area contributed by atoms with Crippen molar-refractivity contribution in [1.29, 1.82) is 0 Å². The van der Waals surface area contributed by atoms with E-state index in [1.807, 2.05) is 30.3 Å². The zero-order valence-corrected chi connectivity index (χ0v) is 15.0. The second kappa shape index (κ2) is 7.53. The second-order valence-corrected chi connectivity index (χ2v) is 7.07. The zero-order chi connectivity index (χ0) is 16.9. The predicted octanol–water partition coefficient (Wildman–Crippen LogP) is 5.60. The van der Waals surface area contributed by atoms with E-state index < -0.39 is 0 Å². The predicted molar refractivity (Wildman–Crippen MR) is 102 cm³/mol. The Labute approximate surface area is 147 Å². The lowest BCUT2D eigenvalue weighted by Gasteiger charge is -2.17. The van der Waals surface area contributed by atoms with E-state index in [2.05, 4.69) is 65.6 Å². The van der Waals surface area contributed by atoms with Crippen molar-refractivity contribution in [3.8, 4) is 0 Å². The highest BCUT2D eigenvalue weighted by Gasteiger charge is 2.24. The van der Waals surface area contributed by atoms with Gasteiger partial charge in [-0.05, 0) is 43.7 Å². The van der Waals surface area contributed by atoms with E-state index in [4.69, 9.17) is 0 Å².